The van der Waals surface area contributed by atoms with Gasteiger partial charge in [0.1, 0.15) is 11.5 Å². The summed E-state index contributed by atoms with van der Waals surface area (Å²) < 4.78 is 5.77. The number of amides is 2. The lowest BCUT2D eigenvalue weighted by Gasteiger charge is -2.09. The standard InChI is InChI=1S/C28H24N2O3S/c31-27(18-21-8-3-1-4-9-21)30-23-10-7-13-26(19-23)34-20-28(32)29-22-14-16-25(17-15-22)33-24-11-5-2-6-12-24/h1-17,19H,18,20H2,(H,29,32)(H,30,31). The van der Waals surface area contributed by atoms with E-state index in [2.05, 4.69) is 10.6 Å². The number of hydrogen-bond acceptors (Lipinski definition) is 4. The van der Waals surface area contributed by atoms with E-state index in [0.29, 0.717) is 23.5 Å². The summed E-state index contributed by atoms with van der Waals surface area (Å²) in [6.07, 6.45) is 0.315. The lowest BCUT2D eigenvalue weighted by molar-refractivity contribution is -0.115. The van der Waals surface area contributed by atoms with Crippen LogP contribution in [0.25, 0.3) is 0 Å². The predicted octanol–water partition coefficient (Wildman–Crippen LogP) is 6.39. The Balaban J connectivity index is 1.25. The number of ether oxygens (including phenoxy) is 1. The maximum Gasteiger partial charge on any atom is 0.234 e. The second-order valence-corrected chi connectivity index (χ2v) is 8.56. The van der Waals surface area contributed by atoms with E-state index in [1.165, 1.54) is 11.8 Å². The number of rotatable bonds is 9. The van der Waals surface area contributed by atoms with Crippen molar-refractivity contribution in [3.05, 3.63) is 115 Å². The highest BCUT2D eigenvalue weighted by Crippen LogP contribution is 2.24. The molecule has 34 heavy (non-hydrogen) atoms. The van der Waals surface area contributed by atoms with Crippen molar-refractivity contribution >= 4 is 35.0 Å². The summed E-state index contributed by atoms with van der Waals surface area (Å²) in [7, 11) is 0. The van der Waals surface area contributed by atoms with Gasteiger partial charge in [-0.25, -0.2) is 0 Å². The number of para-hydroxylation sites is 1. The number of thioether (sulfide) groups is 1. The van der Waals surface area contributed by atoms with E-state index in [1.54, 1.807) is 0 Å². The monoisotopic (exact) mass is 468 g/mol. The van der Waals surface area contributed by atoms with Crippen molar-refractivity contribution in [2.45, 2.75) is 11.3 Å². The molecule has 0 heterocycles. The third-order valence-corrected chi connectivity index (χ3v) is 5.81. The maximum atomic E-state index is 12.4. The minimum atomic E-state index is -0.111. The molecule has 4 aromatic rings. The molecule has 0 saturated heterocycles. The minimum Gasteiger partial charge on any atom is -0.457 e. The zero-order valence-electron chi connectivity index (χ0n) is 18.4. The average molecular weight is 469 g/mol. The van der Waals surface area contributed by atoms with Crippen LogP contribution in [0.3, 0.4) is 0 Å². The second kappa shape index (κ2) is 11.7. The van der Waals surface area contributed by atoms with E-state index in [9.17, 15) is 9.59 Å². The lowest BCUT2D eigenvalue weighted by Crippen LogP contribution is -2.15. The largest absolute Gasteiger partial charge is 0.457 e. The van der Waals surface area contributed by atoms with Crippen LogP contribution >= 0.6 is 11.8 Å². The van der Waals surface area contributed by atoms with E-state index in [1.807, 2.05) is 109 Å². The molecule has 0 spiro atoms. The van der Waals surface area contributed by atoms with Gasteiger partial charge in [0.05, 0.1) is 12.2 Å². The Labute approximate surface area is 203 Å². The first-order valence-electron chi connectivity index (χ1n) is 10.8. The molecule has 170 valence electrons. The summed E-state index contributed by atoms with van der Waals surface area (Å²) in [5, 5.41) is 5.81. The van der Waals surface area contributed by atoms with E-state index in [4.69, 9.17) is 4.74 Å². The first kappa shape index (κ1) is 23.1. The van der Waals surface area contributed by atoms with Crippen LogP contribution in [0.5, 0.6) is 11.5 Å². The molecular weight excluding hydrogens is 444 g/mol. The molecular formula is C28H24N2O3S. The molecule has 0 aliphatic heterocycles. The van der Waals surface area contributed by atoms with E-state index in [0.717, 1.165) is 16.2 Å². The lowest BCUT2D eigenvalue weighted by atomic mass is 10.1. The van der Waals surface area contributed by atoms with Crippen LogP contribution in [0.4, 0.5) is 11.4 Å². The molecule has 2 amide bonds. The SMILES string of the molecule is O=C(CSc1cccc(NC(=O)Cc2ccccc2)c1)Nc1ccc(Oc2ccccc2)cc1. The van der Waals surface area contributed by atoms with Crippen molar-refractivity contribution in [2.24, 2.45) is 0 Å². The van der Waals surface area contributed by atoms with Gasteiger partial charge < -0.3 is 15.4 Å². The summed E-state index contributed by atoms with van der Waals surface area (Å²) >= 11 is 1.41. The fourth-order valence-electron chi connectivity index (χ4n) is 3.23. The summed E-state index contributed by atoms with van der Waals surface area (Å²) in [6.45, 7) is 0. The first-order chi connectivity index (χ1) is 16.6. The molecule has 0 radical (unpaired) electrons. The molecule has 0 aromatic heterocycles. The van der Waals surface area contributed by atoms with Gasteiger partial charge in [-0.2, -0.15) is 0 Å². The average Bonchev–Trinajstić information content (AvgIpc) is 2.85. The molecule has 0 saturated carbocycles. The third kappa shape index (κ3) is 7.25. The molecule has 2 N–H and O–H groups in total. The number of nitrogens with one attached hydrogen (secondary N) is 2. The van der Waals surface area contributed by atoms with Gasteiger partial charge >= 0.3 is 0 Å². The number of carbonyl (C=O) groups excluding carboxylic acids is 2. The van der Waals surface area contributed by atoms with Crippen LogP contribution in [0, 0.1) is 0 Å². The summed E-state index contributed by atoms with van der Waals surface area (Å²) in [5.74, 6) is 1.52. The molecule has 0 aliphatic carbocycles. The van der Waals surface area contributed by atoms with Gasteiger partial charge in [-0.05, 0) is 60.2 Å². The summed E-state index contributed by atoms with van der Waals surface area (Å²) in [4.78, 5) is 25.6. The van der Waals surface area contributed by atoms with Gasteiger partial charge in [0, 0.05) is 16.3 Å². The topological polar surface area (TPSA) is 67.4 Å². The Hall–Kier alpha value is -4.03. The minimum absolute atomic E-state index is 0.0780. The van der Waals surface area contributed by atoms with Crippen LogP contribution in [-0.2, 0) is 16.0 Å². The molecule has 0 aliphatic rings. The van der Waals surface area contributed by atoms with Crippen LogP contribution in [-0.4, -0.2) is 17.6 Å². The van der Waals surface area contributed by atoms with Gasteiger partial charge in [-0.1, -0.05) is 54.6 Å². The highest BCUT2D eigenvalue weighted by molar-refractivity contribution is 8.00. The van der Waals surface area contributed by atoms with Crippen LogP contribution in [0.15, 0.2) is 114 Å². The van der Waals surface area contributed by atoms with Gasteiger partial charge in [0.25, 0.3) is 0 Å². The molecule has 0 bridgehead atoms. The summed E-state index contributed by atoms with van der Waals surface area (Å²) in [5.41, 5.74) is 2.37. The van der Waals surface area contributed by atoms with Gasteiger partial charge in [-0.3, -0.25) is 9.59 Å². The van der Waals surface area contributed by atoms with Gasteiger partial charge in [0.2, 0.25) is 11.8 Å². The van der Waals surface area contributed by atoms with Crippen LogP contribution in [0.2, 0.25) is 0 Å². The molecule has 6 heteroatoms. The second-order valence-electron chi connectivity index (χ2n) is 7.51. The predicted molar refractivity (Wildman–Crippen MR) is 138 cm³/mol. The van der Waals surface area contributed by atoms with Crippen molar-refractivity contribution in [3.63, 3.8) is 0 Å². The Bertz CT molecular complexity index is 1230. The number of hydrogen-bond donors (Lipinski definition) is 2. The van der Waals surface area contributed by atoms with Crippen molar-refractivity contribution in [2.75, 3.05) is 16.4 Å². The van der Waals surface area contributed by atoms with Crippen molar-refractivity contribution in [1.29, 1.82) is 0 Å². The molecule has 4 aromatic carbocycles. The number of anilines is 2. The van der Waals surface area contributed by atoms with Crippen LogP contribution < -0.4 is 15.4 Å². The van der Waals surface area contributed by atoms with Crippen molar-refractivity contribution < 1.29 is 14.3 Å². The highest BCUT2D eigenvalue weighted by Gasteiger charge is 2.07. The Morgan fingerprint density at radius 3 is 2.03 bits per heavy atom. The smallest absolute Gasteiger partial charge is 0.234 e. The van der Waals surface area contributed by atoms with E-state index >= 15 is 0 Å². The first-order valence-corrected chi connectivity index (χ1v) is 11.8. The van der Waals surface area contributed by atoms with Gasteiger partial charge in [-0.15, -0.1) is 11.8 Å². The molecule has 5 nitrogen and oxygen atoms in total. The molecule has 0 fully saturated rings. The Kier molecular flexibility index (Phi) is 7.98. The number of carbonyl (C=O) groups is 2. The maximum absolute atomic E-state index is 12.4. The fraction of sp³-hybridized carbons (Fsp3) is 0.0714. The van der Waals surface area contributed by atoms with E-state index < -0.39 is 0 Å². The fourth-order valence-corrected chi connectivity index (χ4v) is 3.98. The van der Waals surface area contributed by atoms with E-state index in [-0.39, 0.29) is 17.6 Å². The van der Waals surface area contributed by atoms with Gasteiger partial charge in [0.15, 0.2) is 0 Å². The summed E-state index contributed by atoms with van der Waals surface area (Å²) in [6, 6.07) is 33.9. The van der Waals surface area contributed by atoms with Crippen LogP contribution in [0.1, 0.15) is 5.56 Å². The molecule has 0 atom stereocenters. The Morgan fingerprint density at radius 2 is 1.29 bits per heavy atom. The quantitative estimate of drug-likeness (QED) is 0.279. The molecule has 0 unspecified atom stereocenters. The van der Waals surface area contributed by atoms with Crippen molar-refractivity contribution in [1.82, 2.24) is 0 Å². The zero-order chi connectivity index (χ0) is 23.6. The zero-order valence-corrected chi connectivity index (χ0v) is 19.3. The molecule has 4 rings (SSSR count). The normalized spacial score (nSPS) is 10.4. The highest BCUT2D eigenvalue weighted by atomic mass is 32.2. The third-order valence-electron chi connectivity index (χ3n) is 4.81. The Morgan fingerprint density at radius 1 is 0.647 bits per heavy atom. The number of benzene rings is 4. The van der Waals surface area contributed by atoms with Crippen molar-refractivity contribution in [3.8, 4) is 11.5 Å².